The monoisotopic (exact) mass is 500 g/mol. The highest BCUT2D eigenvalue weighted by Gasteiger charge is 2.27. The number of nitrogens with zero attached hydrogens (tertiary/aromatic N) is 2. The SMILES string of the molecule is CCNC(=NCC(O)Cc1ccccc1)NC1CCN(C2CCCC2)CC1.I. The van der Waals surface area contributed by atoms with Crippen LogP contribution in [0.15, 0.2) is 35.3 Å². The summed E-state index contributed by atoms with van der Waals surface area (Å²) in [6.45, 7) is 5.73. The van der Waals surface area contributed by atoms with Gasteiger partial charge in [-0.2, -0.15) is 0 Å². The Bertz CT molecular complexity index is 569. The average molecular weight is 500 g/mol. The lowest BCUT2D eigenvalue weighted by Crippen LogP contribution is -2.50. The number of aliphatic hydroxyl groups is 1. The molecule has 0 radical (unpaired) electrons. The van der Waals surface area contributed by atoms with E-state index in [9.17, 15) is 5.11 Å². The van der Waals surface area contributed by atoms with E-state index in [2.05, 4.69) is 39.6 Å². The third kappa shape index (κ3) is 7.52. The third-order valence-electron chi connectivity index (χ3n) is 5.83. The van der Waals surface area contributed by atoms with Gasteiger partial charge in [0.25, 0.3) is 0 Å². The quantitative estimate of drug-likeness (QED) is 0.306. The van der Waals surface area contributed by atoms with Crippen molar-refractivity contribution in [1.29, 1.82) is 0 Å². The van der Waals surface area contributed by atoms with Crippen molar-refractivity contribution >= 4 is 29.9 Å². The largest absolute Gasteiger partial charge is 0.391 e. The summed E-state index contributed by atoms with van der Waals surface area (Å²) in [7, 11) is 0. The van der Waals surface area contributed by atoms with Crippen molar-refractivity contribution in [2.45, 2.75) is 70.1 Å². The molecule has 1 aromatic carbocycles. The number of aliphatic imine (C=N–C) groups is 1. The molecule has 1 saturated heterocycles. The summed E-state index contributed by atoms with van der Waals surface area (Å²) >= 11 is 0. The molecular weight excluding hydrogens is 463 g/mol. The van der Waals surface area contributed by atoms with E-state index in [1.807, 2.05) is 18.2 Å². The van der Waals surface area contributed by atoms with Crippen LogP contribution in [0.5, 0.6) is 0 Å². The molecule has 3 rings (SSSR count). The normalized spacial score (nSPS) is 20.6. The zero-order valence-electron chi connectivity index (χ0n) is 17.1. The molecule has 28 heavy (non-hydrogen) atoms. The van der Waals surface area contributed by atoms with Gasteiger partial charge < -0.3 is 20.6 Å². The number of benzene rings is 1. The molecule has 2 fully saturated rings. The first kappa shape index (κ1) is 23.4. The first-order valence-corrected chi connectivity index (χ1v) is 10.8. The maximum absolute atomic E-state index is 10.3. The predicted molar refractivity (Wildman–Crippen MR) is 128 cm³/mol. The standard InChI is InChI=1S/C22H36N4O.HI/c1-2-23-22(24-17-21(27)16-18-8-4-3-5-9-18)25-19-12-14-26(15-13-19)20-10-6-7-11-20;/h3-5,8-9,19-21,27H,2,6-7,10-17H2,1H3,(H2,23,24,25);1H. The van der Waals surface area contributed by atoms with Crippen LogP contribution in [0.4, 0.5) is 0 Å². The van der Waals surface area contributed by atoms with Gasteiger partial charge in [0.1, 0.15) is 0 Å². The molecule has 158 valence electrons. The number of likely N-dealkylation sites (tertiary alicyclic amines) is 1. The molecule has 1 aromatic rings. The molecule has 3 N–H and O–H groups in total. The molecule has 0 aromatic heterocycles. The lowest BCUT2D eigenvalue weighted by molar-refractivity contribution is 0.150. The van der Waals surface area contributed by atoms with Crippen LogP contribution in [0.3, 0.4) is 0 Å². The van der Waals surface area contributed by atoms with Gasteiger partial charge >= 0.3 is 0 Å². The molecule has 0 spiro atoms. The van der Waals surface area contributed by atoms with Crippen LogP contribution in [0.25, 0.3) is 0 Å². The maximum Gasteiger partial charge on any atom is 0.191 e. The summed E-state index contributed by atoms with van der Waals surface area (Å²) in [4.78, 5) is 7.32. The van der Waals surface area contributed by atoms with Gasteiger partial charge in [-0.25, -0.2) is 0 Å². The van der Waals surface area contributed by atoms with Gasteiger partial charge in [-0.3, -0.25) is 4.99 Å². The Balaban J connectivity index is 0.00000280. The molecular formula is C22H37IN4O. The van der Waals surface area contributed by atoms with Gasteiger partial charge in [-0.15, -0.1) is 24.0 Å². The molecule has 2 aliphatic rings. The van der Waals surface area contributed by atoms with Gasteiger partial charge in [0.15, 0.2) is 5.96 Å². The minimum absolute atomic E-state index is 0. The molecule has 1 saturated carbocycles. The van der Waals surface area contributed by atoms with Crippen LogP contribution in [0.2, 0.25) is 0 Å². The zero-order valence-corrected chi connectivity index (χ0v) is 19.5. The van der Waals surface area contributed by atoms with Gasteiger partial charge in [0.05, 0.1) is 12.6 Å². The molecule has 1 heterocycles. The zero-order chi connectivity index (χ0) is 18.9. The Morgan fingerprint density at radius 3 is 2.46 bits per heavy atom. The average Bonchev–Trinajstić information content (AvgIpc) is 3.22. The first-order chi connectivity index (χ1) is 13.2. The van der Waals surface area contributed by atoms with Gasteiger partial charge in [0.2, 0.25) is 0 Å². The van der Waals surface area contributed by atoms with E-state index in [0.717, 1.165) is 24.1 Å². The highest BCUT2D eigenvalue weighted by molar-refractivity contribution is 14.0. The summed E-state index contributed by atoms with van der Waals surface area (Å²) in [5.74, 6) is 0.837. The number of aliphatic hydroxyl groups excluding tert-OH is 1. The summed E-state index contributed by atoms with van der Waals surface area (Å²) in [5, 5.41) is 17.2. The molecule has 5 nitrogen and oxygen atoms in total. The van der Waals surface area contributed by atoms with Crippen molar-refractivity contribution in [3.63, 3.8) is 0 Å². The Morgan fingerprint density at radius 1 is 1.14 bits per heavy atom. The number of hydrogen-bond donors (Lipinski definition) is 3. The molecule has 6 heteroatoms. The molecule has 1 aliphatic heterocycles. The molecule has 1 aliphatic carbocycles. The summed E-state index contributed by atoms with van der Waals surface area (Å²) in [6, 6.07) is 11.4. The van der Waals surface area contributed by atoms with Crippen molar-refractivity contribution in [2.24, 2.45) is 4.99 Å². The van der Waals surface area contributed by atoms with E-state index < -0.39 is 6.10 Å². The number of guanidine groups is 1. The number of halogens is 1. The minimum atomic E-state index is -0.452. The van der Waals surface area contributed by atoms with Gasteiger partial charge in [-0.1, -0.05) is 43.2 Å². The van der Waals surface area contributed by atoms with E-state index >= 15 is 0 Å². The second-order valence-corrected chi connectivity index (χ2v) is 7.96. The van der Waals surface area contributed by atoms with Crippen LogP contribution in [-0.4, -0.2) is 60.3 Å². The smallest absolute Gasteiger partial charge is 0.191 e. The van der Waals surface area contributed by atoms with Crippen LogP contribution in [0.1, 0.15) is 51.0 Å². The van der Waals surface area contributed by atoms with Crippen molar-refractivity contribution in [2.75, 3.05) is 26.2 Å². The highest BCUT2D eigenvalue weighted by atomic mass is 127. The fourth-order valence-corrected chi connectivity index (χ4v) is 4.34. The highest BCUT2D eigenvalue weighted by Crippen LogP contribution is 2.26. The molecule has 1 unspecified atom stereocenters. The Kier molecular flexibility index (Phi) is 10.6. The number of piperidine rings is 1. The lowest BCUT2D eigenvalue weighted by Gasteiger charge is -2.36. The van der Waals surface area contributed by atoms with E-state index in [1.165, 1.54) is 51.6 Å². The Morgan fingerprint density at radius 2 is 1.82 bits per heavy atom. The summed E-state index contributed by atoms with van der Waals surface area (Å²) < 4.78 is 0. The van der Waals surface area contributed by atoms with Crippen LogP contribution in [-0.2, 0) is 6.42 Å². The van der Waals surface area contributed by atoms with Crippen molar-refractivity contribution in [1.82, 2.24) is 15.5 Å². The number of nitrogens with one attached hydrogen (secondary N) is 2. The molecule has 0 bridgehead atoms. The van der Waals surface area contributed by atoms with Crippen molar-refractivity contribution in [3.05, 3.63) is 35.9 Å². The Hall–Kier alpha value is -0.860. The lowest BCUT2D eigenvalue weighted by atomic mass is 10.0. The van der Waals surface area contributed by atoms with Crippen LogP contribution < -0.4 is 10.6 Å². The summed E-state index contributed by atoms with van der Waals surface area (Å²) in [6.07, 6.45) is 8.14. The fourth-order valence-electron chi connectivity index (χ4n) is 4.34. The van der Waals surface area contributed by atoms with Crippen LogP contribution in [0, 0.1) is 0 Å². The fraction of sp³-hybridized carbons (Fsp3) is 0.682. The second kappa shape index (κ2) is 12.6. The molecule has 1 atom stereocenters. The number of hydrogen-bond acceptors (Lipinski definition) is 3. The third-order valence-corrected chi connectivity index (χ3v) is 5.83. The second-order valence-electron chi connectivity index (χ2n) is 7.96. The van der Waals surface area contributed by atoms with E-state index in [0.29, 0.717) is 19.0 Å². The minimum Gasteiger partial charge on any atom is -0.391 e. The van der Waals surface area contributed by atoms with Gasteiger partial charge in [0, 0.05) is 38.1 Å². The van der Waals surface area contributed by atoms with E-state index in [-0.39, 0.29) is 24.0 Å². The molecule has 0 amide bonds. The number of rotatable bonds is 7. The first-order valence-electron chi connectivity index (χ1n) is 10.8. The van der Waals surface area contributed by atoms with Crippen molar-refractivity contribution < 1.29 is 5.11 Å². The topological polar surface area (TPSA) is 59.9 Å². The van der Waals surface area contributed by atoms with Gasteiger partial charge in [-0.05, 0) is 38.2 Å². The maximum atomic E-state index is 10.3. The van der Waals surface area contributed by atoms with E-state index in [1.54, 1.807) is 0 Å². The van der Waals surface area contributed by atoms with Crippen LogP contribution >= 0.6 is 24.0 Å². The predicted octanol–water partition coefficient (Wildman–Crippen LogP) is 3.17. The Labute approximate surface area is 187 Å². The summed E-state index contributed by atoms with van der Waals surface area (Å²) in [5.41, 5.74) is 1.15. The van der Waals surface area contributed by atoms with Crippen molar-refractivity contribution in [3.8, 4) is 0 Å². The van der Waals surface area contributed by atoms with E-state index in [4.69, 9.17) is 0 Å².